The molecule has 0 radical (unpaired) electrons. The van der Waals surface area contributed by atoms with E-state index in [4.69, 9.17) is 4.74 Å². The third-order valence-corrected chi connectivity index (χ3v) is 4.29. The Bertz CT molecular complexity index is 667. The number of aromatic nitrogens is 2. The van der Waals surface area contributed by atoms with Gasteiger partial charge in [-0.3, -0.25) is 4.79 Å². The summed E-state index contributed by atoms with van der Waals surface area (Å²) in [4.78, 5) is 15.8. The number of rotatable bonds is 6. The molecule has 1 amide bonds. The number of hydrogen-bond acceptors (Lipinski definition) is 3. The summed E-state index contributed by atoms with van der Waals surface area (Å²) in [5.74, 6) is -0.516. The zero-order valence-corrected chi connectivity index (χ0v) is 13.6. The van der Waals surface area contributed by atoms with Gasteiger partial charge in [0, 0.05) is 18.9 Å². The Kier molecular flexibility index (Phi) is 5.59. The zero-order valence-electron chi connectivity index (χ0n) is 13.6. The van der Waals surface area contributed by atoms with Crippen molar-refractivity contribution in [1.29, 1.82) is 0 Å². The molecule has 1 N–H and O–H groups in total. The van der Waals surface area contributed by atoms with E-state index in [-0.39, 0.29) is 31.0 Å². The molecule has 1 aromatic heterocycles. The second-order valence-corrected chi connectivity index (χ2v) is 6.10. The van der Waals surface area contributed by atoms with Crippen LogP contribution in [0, 0.1) is 5.82 Å². The summed E-state index contributed by atoms with van der Waals surface area (Å²) in [6, 6.07) is 4.90. The van der Waals surface area contributed by atoms with Gasteiger partial charge < -0.3 is 14.6 Å². The van der Waals surface area contributed by atoms with Crippen LogP contribution in [0.1, 0.15) is 37.7 Å². The lowest BCUT2D eigenvalue weighted by molar-refractivity contribution is -0.128. The highest BCUT2D eigenvalue weighted by atomic mass is 19.1. The number of amides is 1. The topological polar surface area (TPSA) is 56.1 Å². The summed E-state index contributed by atoms with van der Waals surface area (Å²) in [5.41, 5.74) is 1.14. The smallest absolute Gasteiger partial charge is 0.246 e. The van der Waals surface area contributed by atoms with Crippen LogP contribution in [0.25, 0.3) is 5.69 Å². The van der Waals surface area contributed by atoms with Crippen molar-refractivity contribution < 1.29 is 13.9 Å². The normalized spacial score (nSPS) is 15.4. The largest absolute Gasteiger partial charge is 0.368 e. The van der Waals surface area contributed by atoms with Crippen LogP contribution in [-0.2, 0) is 16.1 Å². The van der Waals surface area contributed by atoms with Gasteiger partial charge in [-0.05, 0) is 30.5 Å². The van der Waals surface area contributed by atoms with Crippen LogP contribution in [-0.4, -0.2) is 28.2 Å². The number of hydrogen-bond donors (Lipinski definition) is 1. The molecule has 0 bridgehead atoms. The van der Waals surface area contributed by atoms with Crippen LogP contribution in [0.3, 0.4) is 0 Å². The summed E-state index contributed by atoms with van der Waals surface area (Å²) in [6.45, 7) is 0.355. The van der Waals surface area contributed by atoms with Crippen molar-refractivity contribution in [1.82, 2.24) is 14.9 Å². The summed E-state index contributed by atoms with van der Waals surface area (Å²) in [6.07, 6.45) is 10.7. The van der Waals surface area contributed by atoms with Crippen molar-refractivity contribution in [2.24, 2.45) is 0 Å². The average molecular weight is 331 g/mol. The molecule has 0 aliphatic heterocycles. The van der Waals surface area contributed by atoms with E-state index in [0.717, 1.165) is 12.8 Å². The molecule has 5 nitrogen and oxygen atoms in total. The maximum absolute atomic E-state index is 14.1. The van der Waals surface area contributed by atoms with Crippen molar-refractivity contribution in [2.45, 2.75) is 44.8 Å². The lowest BCUT2D eigenvalue weighted by Crippen LogP contribution is -2.30. The van der Waals surface area contributed by atoms with Gasteiger partial charge >= 0.3 is 0 Å². The quantitative estimate of drug-likeness (QED) is 0.885. The van der Waals surface area contributed by atoms with Crippen molar-refractivity contribution in [3.63, 3.8) is 0 Å². The molecule has 1 aromatic carbocycles. The van der Waals surface area contributed by atoms with Crippen LogP contribution < -0.4 is 5.32 Å². The van der Waals surface area contributed by atoms with E-state index in [1.807, 2.05) is 0 Å². The highest BCUT2D eigenvalue weighted by molar-refractivity contribution is 5.77. The highest BCUT2D eigenvalue weighted by Crippen LogP contribution is 2.20. The molecule has 6 heteroatoms. The van der Waals surface area contributed by atoms with Gasteiger partial charge in [-0.2, -0.15) is 0 Å². The predicted molar refractivity (Wildman–Crippen MR) is 88.2 cm³/mol. The van der Waals surface area contributed by atoms with Crippen molar-refractivity contribution in [2.75, 3.05) is 6.61 Å². The van der Waals surface area contributed by atoms with E-state index in [1.165, 1.54) is 25.3 Å². The molecule has 2 aromatic rings. The van der Waals surface area contributed by atoms with Gasteiger partial charge in [-0.15, -0.1) is 0 Å². The van der Waals surface area contributed by atoms with E-state index in [2.05, 4.69) is 10.3 Å². The van der Waals surface area contributed by atoms with Gasteiger partial charge in [0.1, 0.15) is 12.4 Å². The number of benzene rings is 1. The first kappa shape index (κ1) is 16.6. The molecular weight excluding hydrogens is 309 g/mol. The van der Waals surface area contributed by atoms with Crippen LogP contribution in [0.2, 0.25) is 0 Å². The molecule has 0 spiro atoms. The number of nitrogens with zero attached hydrogens (tertiary/aromatic N) is 2. The lowest BCUT2D eigenvalue weighted by atomic mass is 9.98. The summed E-state index contributed by atoms with van der Waals surface area (Å²) < 4.78 is 21.4. The standard InChI is InChI=1S/C18H22FN3O2/c19-16-10-14(6-7-17(16)22-9-8-20-13-22)11-21-18(23)12-24-15-4-2-1-3-5-15/h6-10,13,15H,1-5,11-12H2,(H,21,23). The highest BCUT2D eigenvalue weighted by Gasteiger charge is 2.15. The fourth-order valence-corrected chi connectivity index (χ4v) is 2.95. The number of halogens is 1. The van der Waals surface area contributed by atoms with Crippen molar-refractivity contribution in [3.05, 3.63) is 48.3 Å². The van der Waals surface area contributed by atoms with E-state index in [9.17, 15) is 9.18 Å². The fourth-order valence-electron chi connectivity index (χ4n) is 2.95. The zero-order chi connectivity index (χ0) is 16.8. The first-order valence-electron chi connectivity index (χ1n) is 8.37. The monoisotopic (exact) mass is 331 g/mol. The van der Waals surface area contributed by atoms with Gasteiger partial charge in [0.25, 0.3) is 0 Å². The molecule has 1 fully saturated rings. The molecule has 0 atom stereocenters. The maximum atomic E-state index is 14.1. The number of ether oxygens (including phenoxy) is 1. The van der Waals surface area contributed by atoms with E-state index in [0.29, 0.717) is 11.3 Å². The third kappa shape index (κ3) is 4.41. The Morgan fingerprint density at radius 3 is 2.88 bits per heavy atom. The van der Waals surface area contributed by atoms with Crippen LogP contribution in [0.15, 0.2) is 36.9 Å². The average Bonchev–Trinajstić information content (AvgIpc) is 3.13. The molecule has 128 valence electrons. The minimum atomic E-state index is -0.349. The number of carbonyl (C=O) groups is 1. The van der Waals surface area contributed by atoms with Gasteiger partial charge in [-0.1, -0.05) is 25.3 Å². The van der Waals surface area contributed by atoms with Crippen LogP contribution in [0.4, 0.5) is 4.39 Å². The Hall–Kier alpha value is -2.21. The fraction of sp³-hybridized carbons (Fsp3) is 0.444. The minimum Gasteiger partial charge on any atom is -0.368 e. The predicted octanol–water partition coefficient (Wildman–Crippen LogP) is 2.98. The van der Waals surface area contributed by atoms with Gasteiger partial charge in [0.2, 0.25) is 5.91 Å². The van der Waals surface area contributed by atoms with Crippen molar-refractivity contribution in [3.8, 4) is 5.69 Å². The molecule has 1 heterocycles. The molecule has 3 rings (SSSR count). The summed E-state index contributed by atoms with van der Waals surface area (Å²) >= 11 is 0. The maximum Gasteiger partial charge on any atom is 0.246 e. The Morgan fingerprint density at radius 2 is 2.17 bits per heavy atom. The lowest BCUT2D eigenvalue weighted by Gasteiger charge is -2.21. The number of carbonyl (C=O) groups excluding carboxylic acids is 1. The molecule has 0 unspecified atom stereocenters. The van der Waals surface area contributed by atoms with Crippen LogP contribution in [0.5, 0.6) is 0 Å². The Balaban J connectivity index is 1.47. The first-order chi connectivity index (χ1) is 11.7. The van der Waals surface area contributed by atoms with E-state index >= 15 is 0 Å². The second kappa shape index (κ2) is 8.06. The third-order valence-electron chi connectivity index (χ3n) is 4.29. The number of nitrogens with one attached hydrogen (secondary N) is 1. The summed E-state index contributed by atoms with van der Waals surface area (Å²) in [5, 5.41) is 2.77. The van der Waals surface area contributed by atoms with Crippen LogP contribution >= 0.6 is 0 Å². The second-order valence-electron chi connectivity index (χ2n) is 6.10. The first-order valence-corrected chi connectivity index (χ1v) is 8.37. The molecular formula is C18H22FN3O2. The van der Waals surface area contributed by atoms with E-state index < -0.39 is 0 Å². The van der Waals surface area contributed by atoms with Gasteiger partial charge in [0.05, 0.1) is 18.1 Å². The molecule has 1 aliphatic carbocycles. The van der Waals surface area contributed by atoms with Crippen molar-refractivity contribution >= 4 is 5.91 Å². The SMILES string of the molecule is O=C(COC1CCCCC1)NCc1ccc(-n2ccnc2)c(F)c1. The number of imidazole rings is 1. The summed E-state index contributed by atoms with van der Waals surface area (Å²) in [7, 11) is 0. The Morgan fingerprint density at radius 1 is 1.33 bits per heavy atom. The Labute approximate surface area is 140 Å². The molecule has 0 saturated heterocycles. The molecule has 1 saturated carbocycles. The molecule has 24 heavy (non-hydrogen) atoms. The molecule has 1 aliphatic rings. The minimum absolute atomic E-state index is 0.0697. The van der Waals surface area contributed by atoms with Gasteiger partial charge in [-0.25, -0.2) is 9.37 Å². The van der Waals surface area contributed by atoms with E-state index in [1.54, 1.807) is 35.4 Å². The van der Waals surface area contributed by atoms with Gasteiger partial charge in [0.15, 0.2) is 0 Å².